The maximum absolute atomic E-state index is 11.8. The first kappa shape index (κ1) is 15.6. The molecule has 106 valence electrons. The zero-order valence-corrected chi connectivity index (χ0v) is 14.4. The Labute approximate surface area is 136 Å². The lowest BCUT2D eigenvalue weighted by molar-refractivity contribution is -0.118. The summed E-state index contributed by atoms with van der Waals surface area (Å²) in [6.45, 7) is 2.76. The Hall–Kier alpha value is -0.780. The highest BCUT2D eigenvalue weighted by Gasteiger charge is 2.05. The third kappa shape index (κ3) is 4.96. The lowest BCUT2D eigenvalue weighted by Gasteiger charge is -2.07. The number of carbonyl (C=O) groups is 1. The fraction of sp³-hybridized carbons (Fsp3) is 0.267. The number of thioether (sulfide) groups is 1. The van der Waals surface area contributed by atoms with Crippen molar-refractivity contribution in [1.82, 2.24) is 5.32 Å². The first-order valence-electron chi connectivity index (χ1n) is 6.33. The largest absolute Gasteiger partial charge is 0.355 e. The van der Waals surface area contributed by atoms with Gasteiger partial charge < -0.3 is 5.32 Å². The maximum atomic E-state index is 11.8. The van der Waals surface area contributed by atoms with Crippen LogP contribution in [0.4, 0.5) is 0 Å². The Bertz CT molecular complexity index is 569. The number of aryl methyl sites for hydroxylation is 1. The summed E-state index contributed by atoms with van der Waals surface area (Å²) in [6.07, 6.45) is 0.908. The van der Waals surface area contributed by atoms with Crippen LogP contribution in [-0.4, -0.2) is 18.2 Å². The molecule has 0 spiro atoms. The molecule has 0 aliphatic heterocycles. The van der Waals surface area contributed by atoms with Gasteiger partial charge in [-0.1, -0.05) is 22.0 Å². The van der Waals surface area contributed by atoms with E-state index in [0.717, 1.165) is 15.8 Å². The molecule has 2 nitrogen and oxygen atoms in total. The molecule has 2 aromatic rings. The number of hydrogen-bond donors (Lipinski definition) is 1. The van der Waals surface area contributed by atoms with Gasteiger partial charge in [0.15, 0.2) is 0 Å². The van der Waals surface area contributed by atoms with E-state index in [0.29, 0.717) is 12.3 Å². The summed E-state index contributed by atoms with van der Waals surface area (Å²) in [7, 11) is 0. The Balaban J connectivity index is 1.72. The molecule has 5 heteroatoms. The predicted octanol–water partition coefficient (Wildman–Crippen LogP) is 4.27. The quantitative estimate of drug-likeness (QED) is 0.770. The van der Waals surface area contributed by atoms with E-state index in [-0.39, 0.29) is 5.91 Å². The van der Waals surface area contributed by atoms with Crippen molar-refractivity contribution in [2.75, 3.05) is 12.3 Å². The summed E-state index contributed by atoms with van der Waals surface area (Å²) in [5.41, 5.74) is 1.19. The van der Waals surface area contributed by atoms with Crippen LogP contribution >= 0.6 is 39.0 Å². The van der Waals surface area contributed by atoms with E-state index in [4.69, 9.17) is 0 Å². The number of carbonyl (C=O) groups excluding carboxylic acids is 1. The summed E-state index contributed by atoms with van der Waals surface area (Å²) in [5.74, 6) is 0.557. The summed E-state index contributed by atoms with van der Waals surface area (Å²) >= 11 is 6.75. The highest BCUT2D eigenvalue weighted by molar-refractivity contribution is 9.10. The first-order valence-corrected chi connectivity index (χ1v) is 8.99. The van der Waals surface area contributed by atoms with Crippen molar-refractivity contribution in [1.29, 1.82) is 0 Å². The zero-order valence-electron chi connectivity index (χ0n) is 11.2. The first-order chi connectivity index (χ1) is 9.65. The summed E-state index contributed by atoms with van der Waals surface area (Å²) in [4.78, 5) is 14.2. The molecule has 2 rings (SSSR count). The van der Waals surface area contributed by atoms with E-state index in [1.54, 1.807) is 23.1 Å². The van der Waals surface area contributed by atoms with Crippen molar-refractivity contribution in [3.8, 4) is 0 Å². The number of rotatable bonds is 6. The molecule has 0 atom stereocenters. The van der Waals surface area contributed by atoms with Gasteiger partial charge >= 0.3 is 0 Å². The topological polar surface area (TPSA) is 29.1 Å². The number of amides is 1. The normalized spacial score (nSPS) is 10.5. The number of hydrogen-bond acceptors (Lipinski definition) is 3. The van der Waals surface area contributed by atoms with Crippen LogP contribution in [0.25, 0.3) is 0 Å². The Morgan fingerprint density at radius 3 is 2.95 bits per heavy atom. The number of halogens is 1. The molecule has 0 bridgehead atoms. The van der Waals surface area contributed by atoms with Crippen LogP contribution in [0.3, 0.4) is 0 Å². The van der Waals surface area contributed by atoms with Crippen molar-refractivity contribution in [3.63, 3.8) is 0 Å². The maximum Gasteiger partial charge on any atom is 0.230 e. The molecule has 0 aliphatic rings. The molecule has 0 saturated heterocycles. The summed E-state index contributed by atoms with van der Waals surface area (Å²) in [6, 6.07) is 10.2. The molecule has 0 radical (unpaired) electrons. The minimum Gasteiger partial charge on any atom is -0.355 e. The van der Waals surface area contributed by atoms with Gasteiger partial charge in [0, 0.05) is 20.8 Å². The van der Waals surface area contributed by atoms with Crippen molar-refractivity contribution in [3.05, 3.63) is 50.6 Å². The zero-order chi connectivity index (χ0) is 14.4. The standard InChI is InChI=1S/C15H16BrNOS2/c1-11-9-12(16)4-5-14(11)20-10-15(18)17-7-6-13-3-2-8-19-13/h2-5,8-9H,6-7,10H2,1H3,(H,17,18). The number of thiophene rings is 1. The van der Waals surface area contributed by atoms with Crippen LogP contribution in [0.5, 0.6) is 0 Å². The Morgan fingerprint density at radius 2 is 2.25 bits per heavy atom. The van der Waals surface area contributed by atoms with Gasteiger partial charge in [0.05, 0.1) is 5.75 Å². The van der Waals surface area contributed by atoms with Crippen LogP contribution in [-0.2, 0) is 11.2 Å². The van der Waals surface area contributed by atoms with E-state index in [9.17, 15) is 4.79 Å². The van der Waals surface area contributed by atoms with Gasteiger partial charge in [0.25, 0.3) is 0 Å². The molecule has 1 heterocycles. The van der Waals surface area contributed by atoms with Crippen molar-refractivity contribution in [2.45, 2.75) is 18.2 Å². The highest BCUT2D eigenvalue weighted by atomic mass is 79.9. The average Bonchev–Trinajstić information content (AvgIpc) is 2.91. The van der Waals surface area contributed by atoms with E-state index >= 15 is 0 Å². The second kappa shape index (κ2) is 7.86. The van der Waals surface area contributed by atoms with E-state index in [2.05, 4.69) is 45.7 Å². The van der Waals surface area contributed by atoms with Crippen molar-refractivity contribution >= 4 is 44.9 Å². The second-order valence-electron chi connectivity index (χ2n) is 4.38. The van der Waals surface area contributed by atoms with Gasteiger partial charge in [0.2, 0.25) is 5.91 Å². The molecule has 0 aliphatic carbocycles. The fourth-order valence-corrected chi connectivity index (χ4v) is 3.77. The van der Waals surface area contributed by atoms with Gasteiger partial charge in [-0.25, -0.2) is 0 Å². The fourth-order valence-electron chi connectivity index (χ4n) is 1.75. The molecule has 0 saturated carbocycles. The molecular weight excluding hydrogens is 354 g/mol. The third-order valence-electron chi connectivity index (χ3n) is 2.77. The number of benzene rings is 1. The van der Waals surface area contributed by atoms with E-state index < -0.39 is 0 Å². The van der Waals surface area contributed by atoms with Crippen LogP contribution < -0.4 is 5.32 Å². The molecule has 20 heavy (non-hydrogen) atoms. The lowest BCUT2D eigenvalue weighted by atomic mass is 10.2. The average molecular weight is 370 g/mol. The van der Waals surface area contributed by atoms with Crippen LogP contribution in [0.15, 0.2) is 45.1 Å². The van der Waals surface area contributed by atoms with Crippen LogP contribution in [0, 0.1) is 6.92 Å². The van der Waals surface area contributed by atoms with E-state index in [1.807, 2.05) is 18.2 Å². The molecule has 1 aromatic heterocycles. The molecule has 1 aromatic carbocycles. The Kier molecular flexibility index (Phi) is 6.13. The van der Waals surface area contributed by atoms with Gasteiger partial charge in [-0.05, 0) is 48.6 Å². The molecule has 0 fully saturated rings. The molecular formula is C15H16BrNOS2. The van der Waals surface area contributed by atoms with Crippen molar-refractivity contribution in [2.24, 2.45) is 0 Å². The minimum absolute atomic E-state index is 0.0916. The van der Waals surface area contributed by atoms with Gasteiger partial charge in [-0.2, -0.15) is 0 Å². The lowest BCUT2D eigenvalue weighted by Crippen LogP contribution is -2.27. The van der Waals surface area contributed by atoms with Gasteiger partial charge in [-0.15, -0.1) is 23.1 Å². The third-order valence-corrected chi connectivity index (χ3v) is 5.37. The van der Waals surface area contributed by atoms with Crippen LogP contribution in [0.1, 0.15) is 10.4 Å². The second-order valence-corrected chi connectivity index (χ2v) is 7.34. The Morgan fingerprint density at radius 1 is 1.40 bits per heavy atom. The molecule has 1 N–H and O–H groups in total. The number of nitrogens with one attached hydrogen (secondary N) is 1. The molecule has 1 amide bonds. The van der Waals surface area contributed by atoms with Crippen LogP contribution in [0.2, 0.25) is 0 Å². The highest BCUT2D eigenvalue weighted by Crippen LogP contribution is 2.25. The SMILES string of the molecule is Cc1cc(Br)ccc1SCC(=O)NCCc1cccs1. The minimum atomic E-state index is 0.0916. The monoisotopic (exact) mass is 369 g/mol. The molecule has 0 unspecified atom stereocenters. The summed E-state index contributed by atoms with van der Waals surface area (Å²) in [5, 5.41) is 5.02. The van der Waals surface area contributed by atoms with Gasteiger partial charge in [-0.3, -0.25) is 4.79 Å². The van der Waals surface area contributed by atoms with Gasteiger partial charge in [0.1, 0.15) is 0 Å². The van der Waals surface area contributed by atoms with Crippen molar-refractivity contribution < 1.29 is 4.79 Å². The predicted molar refractivity (Wildman–Crippen MR) is 90.6 cm³/mol. The smallest absolute Gasteiger partial charge is 0.230 e. The van der Waals surface area contributed by atoms with E-state index in [1.165, 1.54) is 10.4 Å². The summed E-state index contributed by atoms with van der Waals surface area (Å²) < 4.78 is 1.07.